The van der Waals surface area contributed by atoms with Gasteiger partial charge in [-0.1, -0.05) is 0 Å². The largest absolute Gasteiger partial charge is 0.481 e. The lowest BCUT2D eigenvalue weighted by molar-refractivity contribution is -0.138. The van der Waals surface area contributed by atoms with Crippen LogP contribution in [0.4, 0.5) is 0 Å². The van der Waals surface area contributed by atoms with Crippen LogP contribution in [0.15, 0.2) is 0 Å². The molecule has 0 bridgehead atoms. The average Bonchev–Trinajstić information content (AvgIpc) is 2.82. The molecule has 0 aromatic heterocycles. The predicted octanol–water partition coefficient (Wildman–Crippen LogP) is 0.129. The Morgan fingerprint density at radius 2 is 2.21 bits per heavy atom. The number of likely N-dealkylation sites (tertiary alicyclic amines) is 1. The molecule has 2 fully saturated rings. The third-order valence-electron chi connectivity index (χ3n) is 3.51. The quantitative estimate of drug-likeness (QED) is 0.676. The third-order valence-corrected chi connectivity index (χ3v) is 3.51. The molecule has 2 rings (SSSR count). The summed E-state index contributed by atoms with van der Waals surface area (Å²) in [4.78, 5) is 12.9. The molecule has 3 N–H and O–H groups in total. The zero-order chi connectivity index (χ0) is 10.3. The molecule has 14 heavy (non-hydrogen) atoms. The van der Waals surface area contributed by atoms with Gasteiger partial charge in [-0.05, 0) is 31.7 Å². The third kappa shape index (κ3) is 1.77. The molecule has 1 heterocycles. The summed E-state index contributed by atoms with van der Waals surface area (Å²) in [7, 11) is 2.06. The van der Waals surface area contributed by atoms with Gasteiger partial charge in [0, 0.05) is 18.6 Å². The van der Waals surface area contributed by atoms with Crippen LogP contribution in [0.1, 0.15) is 19.3 Å². The minimum atomic E-state index is -0.727. The van der Waals surface area contributed by atoms with Crippen molar-refractivity contribution >= 4 is 5.97 Å². The SMILES string of the molecule is CN1CC(CC(=O)O)C(N)C1C1CC1. The van der Waals surface area contributed by atoms with E-state index in [2.05, 4.69) is 11.9 Å². The fraction of sp³-hybridized carbons (Fsp3) is 0.900. The topological polar surface area (TPSA) is 66.6 Å². The van der Waals surface area contributed by atoms with Gasteiger partial charge in [-0.2, -0.15) is 0 Å². The molecule has 1 saturated carbocycles. The van der Waals surface area contributed by atoms with Gasteiger partial charge in [0.05, 0.1) is 6.42 Å². The molecule has 80 valence electrons. The summed E-state index contributed by atoms with van der Waals surface area (Å²) in [6, 6.07) is 0.489. The number of carboxylic acid groups (broad SMARTS) is 1. The summed E-state index contributed by atoms with van der Waals surface area (Å²) in [5.74, 6) is 0.146. The van der Waals surface area contributed by atoms with Crippen molar-refractivity contribution < 1.29 is 9.90 Å². The first-order chi connectivity index (χ1) is 6.59. The first-order valence-electron chi connectivity index (χ1n) is 5.27. The monoisotopic (exact) mass is 198 g/mol. The van der Waals surface area contributed by atoms with Crippen LogP contribution in [0.25, 0.3) is 0 Å². The van der Waals surface area contributed by atoms with Gasteiger partial charge in [0.1, 0.15) is 0 Å². The molecule has 3 unspecified atom stereocenters. The number of nitrogens with zero attached hydrogens (tertiary/aromatic N) is 1. The molecule has 4 nitrogen and oxygen atoms in total. The normalized spacial score (nSPS) is 38.9. The van der Waals surface area contributed by atoms with E-state index in [9.17, 15) is 4.79 Å². The van der Waals surface area contributed by atoms with Crippen molar-refractivity contribution in [3.63, 3.8) is 0 Å². The fourth-order valence-corrected chi connectivity index (χ4v) is 2.72. The highest BCUT2D eigenvalue weighted by Gasteiger charge is 2.45. The van der Waals surface area contributed by atoms with Crippen molar-refractivity contribution in [1.29, 1.82) is 0 Å². The van der Waals surface area contributed by atoms with Gasteiger partial charge < -0.3 is 15.7 Å². The minimum absolute atomic E-state index is 0.0589. The van der Waals surface area contributed by atoms with E-state index in [1.165, 1.54) is 12.8 Å². The number of nitrogens with two attached hydrogens (primary N) is 1. The highest BCUT2D eigenvalue weighted by Crippen LogP contribution is 2.41. The Morgan fingerprint density at radius 1 is 1.57 bits per heavy atom. The van der Waals surface area contributed by atoms with E-state index < -0.39 is 5.97 Å². The molecular weight excluding hydrogens is 180 g/mol. The zero-order valence-electron chi connectivity index (χ0n) is 8.52. The molecule has 4 heteroatoms. The molecule has 2 aliphatic rings. The Morgan fingerprint density at radius 3 is 2.71 bits per heavy atom. The number of carbonyl (C=O) groups is 1. The maximum atomic E-state index is 10.6. The van der Waals surface area contributed by atoms with Crippen LogP contribution in [-0.2, 0) is 4.79 Å². The van der Waals surface area contributed by atoms with Crippen LogP contribution < -0.4 is 5.73 Å². The van der Waals surface area contributed by atoms with Gasteiger partial charge >= 0.3 is 5.97 Å². The molecule has 1 aliphatic heterocycles. The van der Waals surface area contributed by atoms with Crippen molar-refractivity contribution in [2.24, 2.45) is 17.6 Å². The second kappa shape index (κ2) is 3.51. The Bertz CT molecular complexity index is 240. The van der Waals surface area contributed by atoms with Gasteiger partial charge in [-0.25, -0.2) is 0 Å². The Balaban J connectivity index is 1.98. The number of hydrogen-bond acceptors (Lipinski definition) is 3. The first-order valence-corrected chi connectivity index (χ1v) is 5.27. The number of aliphatic carboxylic acids is 1. The van der Waals surface area contributed by atoms with Gasteiger partial charge in [0.15, 0.2) is 0 Å². The summed E-state index contributed by atoms with van der Waals surface area (Å²) in [6.07, 6.45) is 2.75. The molecule has 0 aromatic carbocycles. The van der Waals surface area contributed by atoms with E-state index in [-0.39, 0.29) is 18.4 Å². The summed E-state index contributed by atoms with van der Waals surface area (Å²) < 4.78 is 0. The van der Waals surface area contributed by atoms with E-state index in [1.807, 2.05) is 0 Å². The highest BCUT2D eigenvalue weighted by atomic mass is 16.4. The number of hydrogen-bond donors (Lipinski definition) is 2. The fourth-order valence-electron chi connectivity index (χ4n) is 2.72. The minimum Gasteiger partial charge on any atom is -0.481 e. The van der Waals surface area contributed by atoms with Gasteiger partial charge in [0.2, 0.25) is 0 Å². The van der Waals surface area contributed by atoms with E-state index in [0.717, 1.165) is 12.5 Å². The average molecular weight is 198 g/mol. The van der Waals surface area contributed by atoms with Crippen molar-refractivity contribution in [3.8, 4) is 0 Å². The second-order valence-corrected chi connectivity index (χ2v) is 4.70. The van der Waals surface area contributed by atoms with Crippen LogP contribution in [0, 0.1) is 11.8 Å². The molecular formula is C10H18N2O2. The van der Waals surface area contributed by atoms with E-state index in [4.69, 9.17) is 10.8 Å². The van der Waals surface area contributed by atoms with E-state index in [0.29, 0.717) is 6.04 Å². The van der Waals surface area contributed by atoms with Crippen LogP contribution >= 0.6 is 0 Å². The summed E-state index contributed by atoms with van der Waals surface area (Å²) in [6.45, 7) is 0.842. The van der Waals surface area contributed by atoms with Crippen molar-refractivity contribution in [2.75, 3.05) is 13.6 Å². The zero-order valence-corrected chi connectivity index (χ0v) is 8.52. The van der Waals surface area contributed by atoms with Crippen LogP contribution in [0.2, 0.25) is 0 Å². The maximum Gasteiger partial charge on any atom is 0.303 e. The van der Waals surface area contributed by atoms with Crippen molar-refractivity contribution in [1.82, 2.24) is 4.90 Å². The van der Waals surface area contributed by atoms with E-state index in [1.54, 1.807) is 0 Å². The molecule has 1 saturated heterocycles. The lowest BCUT2D eigenvalue weighted by Gasteiger charge is -2.22. The van der Waals surface area contributed by atoms with Crippen molar-refractivity contribution in [3.05, 3.63) is 0 Å². The molecule has 0 radical (unpaired) electrons. The maximum absolute atomic E-state index is 10.6. The highest BCUT2D eigenvalue weighted by molar-refractivity contribution is 5.67. The van der Waals surface area contributed by atoms with Gasteiger partial charge in [-0.15, -0.1) is 0 Å². The Labute approximate surface area is 84.1 Å². The summed E-state index contributed by atoms with van der Waals surface area (Å²) in [5.41, 5.74) is 6.10. The summed E-state index contributed by atoms with van der Waals surface area (Å²) in [5, 5.41) is 8.74. The second-order valence-electron chi connectivity index (χ2n) is 4.70. The lowest BCUT2D eigenvalue weighted by atomic mass is 9.94. The number of rotatable bonds is 3. The van der Waals surface area contributed by atoms with Crippen LogP contribution in [0.3, 0.4) is 0 Å². The standard InChI is InChI=1S/C10H18N2O2/c1-12-5-7(4-8(13)14)9(11)10(12)6-2-3-6/h6-7,9-10H,2-5,11H2,1H3,(H,13,14). The molecule has 0 spiro atoms. The predicted molar refractivity (Wildman–Crippen MR) is 52.9 cm³/mol. The first kappa shape index (κ1) is 9.93. The molecule has 0 amide bonds. The van der Waals surface area contributed by atoms with Crippen LogP contribution in [-0.4, -0.2) is 41.7 Å². The number of likely N-dealkylation sites (N-methyl/N-ethyl adjacent to an activating group) is 1. The van der Waals surface area contributed by atoms with Gasteiger partial charge in [0.25, 0.3) is 0 Å². The Hall–Kier alpha value is -0.610. The molecule has 3 atom stereocenters. The number of carboxylic acids is 1. The Kier molecular flexibility index (Phi) is 2.49. The molecule has 1 aliphatic carbocycles. The lowest BCUT2D eigenvalue weighted by Crippen LogP contribution is -2.41. The van der Waals surface area contributed by atoms with Gasteiger partial charge in [-0.3, -0.25) is 4.79 Å². The molecule has 0 aromatic rings. The van der Waals surface area contributed by atoms with Crippen molar-refractivity contribution in [2.45, 2.75) is 31.3 Å². The smallest absolute Gasteiger partial charge is 0.303 e. The van der Waals surface area contributed by atoms with E-state index >= 15 is 0 Å². The summed E-state index contributed by atoms with van der Waals surface area (Å²) >= 11 is 0. The van der Waals surface area contributed by atoms with Crippen LogP contribution in [0.5, 0.6) is 0 Å².